The molecule has 0 aromatic rings. The minimum atomic E-state index is -3.66. The van der Waals surface area contributed by atoms with Crippen LogP contribution in [0.25, 0.3) is 0 Å². The summed E-state index contributed by atoms with van der Waals surface area (Å²) in [5, 5.41) is 10.2. The zero-order valence-electron chi connectivity index (χ0n) is 12.5. The van der Waals surface area contributed by atoms with Crippen LogP contribution in [0.5, 0.6) is 0 Å². The van der Waals surface area contributed by atoms with Gasteiger partial charge in [0, 0.05) is 0 Å². The van der Waals surface area contributed by atoms with Crippen LogP contribution in [0.3, 0.4) is 0 Å². The van der Waals surface area contributed by atoms with E-state index in [0.29, 0.717) is 19.3 Å². The molecule has 2 rings (SSSR count). The van der Waals surface area contributed by atoms with Crippen molar-refractivity contribution in [3.05, 3.63) is 0 Å². The van der Waals surface area contributed by atoms with Gasteiger partial charge in [0.15, 0.2) is 9.84 Å². The van der Waals surface area contributed by atoms with Gasteiger partial charge in [0.25, 0.3) is 0 Å². The summed E-state index contributed by atoms with van der Waals surface area (Å²) in [6, 6.07) is 0. The second-order valence-electron chi connectivity index (χ2n) is 6.42. The van der Waals surface area contributed by atoms with Gasteiger partial charge in [-0.1, -0.05) is 0 Å². The van der Waals surface area contributed by atoms with Crippen molar-refractivity contribution in [1.82, 2.24) is 0 Å². The van der Waals surface area contributed by atoms with Crippen molar-refractivity contribution in [2.45, 2.75) is 50.4 Å². The highest BCUT2D eigenvalue weighted by molar-refractivity contribution is 7.92. The van der Waals surface area contributed by atoms with Gasteiger partial charge in [0.1, 0.15) is 17.5 Å². The molecule has 21 heavy (non-hydrogen) atoms. The van der Waals surface area contributed by atoms with E-state index < -0.39 is 38.9 Å². The molecule has 2 fully saturated rings. The summed E-state index contributed by atoms with van der Waals surface area (Å²) >= 11 is 0. The highest BCUT2D eigenvalue weighted by Crippen LogP contribution is 2.45. The Morgan fingerprint density at radius 3 is 2.71 bits per heavy atom. The lowest BCUT2D eigenvalue weighted by Crippen LogP contribution is -2.58. The maximum absolute atomic E-state index is 12.1. The van der Waals surface area contributed by atoms with Crippen LogP contribution in [0.2, 0.25) is 0 Å². The van der Waals surface area contributed by atoms with Crippen molar-refractivity contribution >= 4 is 15.8 Å². The Morgan fingerprint density at radius 2 is 2.10 bits per heavy atom. The Hall–Kier alpha value is -0.700. The number of carbonyl (C=O) groups is 1. The van der Waals surface area contributed by atoms with Gasteiger partial charge >= 0.3 is 5.97 Å². The van der Waals surface area contributed by atoms with E-state index in [4.69, 9.17) is 9.78 Å². The summed E-state index contributed by atoms with van der Waals surface area (Å²) in [7, 11) is -2.51. The maximum atomic E-state index is 12.1. The molecule has 2 aliphatic rings. The molecule has 1 aliphatic heterocycles. The minimum Gasteiger partial charge on any atom is -0.468 e. The number of sulfone groups is 1. The summed E-state index contributed by atoms with van der Waals surface area (Å²) < 4.78 is 28.5. The smallest absolute Gasteiger partial charge is 0.320 e. The molecule has 0 aromatic heterocycles. The van der Waals surface area contributed by atoms with Crippen LogP contribution in [-0.2, 0) is 29.1 Å². The average Bonchev–Trinajstić information content (AvgIpc) is 2.35. The molecule has 0 unspecified atom stereocenters. The van der Waals surface area contributed by atoms with Crippen LogP contribution >= 0.6 is 0 Å². The molecule has 4 atom stereocenters. The molecule has 0 aromatic carbocycles. The molecule has 1 saturated heterocycles. The van der Waals surface area contributed by atoms with Gasteiger partial charge in [-0.15, -0.1) is 0 Å². The van der Waals surface area contributed by atoms with Crippen molar-refractivity contribution in [3.8, 4) is 0 Å². The zero-order valence-corrected chi connectivity index (χ0v) is 13.3. The molecular formula is C13H22O7S. The van der Waals surface area contributed by atoms with Gasteiger partial charge in [0.05, 0.1) is 18.5 Å². The molecular weight excluding hydrogens is 300 g/mol. The third-order valence-corrected chi connectivity index (χ3v) is 6.17. The predicted molar refractivity (Wildman–Crippen MR) is 73.0 cm³/mol. The van der Waals surface area contributed by atoms with Crippen LogP contribution in [0.15, 0.2) is 0 Å². The van der Waals surface area contributed by atoms with Crippen molar-refractivity contribution in [3.63, 3.8) is 0 Å². The summed E-state index contributed by atoms with van der Waals surface area (Å²) in [6.45, 7) is 3.36. The number of carbonyl (C=O) groups excluding carboxylic acids is 1. The first-order valence-electron chi connectivity index (χ1n) is 6.92. The molecule has 1 aliphatic carbocycles. The number of fused-ring (bicyclic) bond motifs is 2. The number of esters is 1. The summed E-state index contributed by atoms with van der Waals surface area (Å²) in [6.07, 6.45) is 1.26. The summed E-state index contributed by atoms with van der Waals surface area (Å²) in [5.74, 6) is -1.81. The number of aliphatic hydroxyl groups is 1. The van der Waals surface area contributed by atoms with E-state index in [0.717, 1.165) is 7.11 Å². The second-order valence-corrected chi connectivity index (χ2v) is 8.48. The Bertz CT molecular complexity index is 513. The van der Waals surface area contributed by atoms with Gasteiger partial charge in [0.2, 0.25) is 0 Å². The lowest BCUT2D eigenvalue weighted by atomic mass is 9.71. The zero-order chi connectivity index (χ0) is 15.9. The van der Waals surface area contributed by atoms with E-state index in [2.05, 4.69) is 4.74 Å². The molecule has 1 N–H and O–H groups in total. The molecule has 0 amide bonds. The minimum absolute atomic E-state index is 0.0381. The number of rotatable bonds is 4. The van der Waals surface area contributed by atoms with Crippen molar-refractivity contribution < 1.29 is 32.8 Å². The number of hydrogen-bond acceptors (Lipinski definition) is 7. The highest BCUT2D eigenvalue weighted by Gasteiger charge is 2.53. The van der Waals surface area contributed by atoms with Crippen LogP contribution in [0.1, 0.15) is 33.1 Å². The standard InChI is InChI=1S/C13H22O7S/c1-12(15)5-4-9-6-10(12)19-20-13(9,2)8-21(16,17)7-11(14)18-3/h9-10,15H,4-8H2,1-3H3/t9-,10-,12-,13+/m1/s1. The van der Waals surface area contributed by atoms with Gasteiger partial charge < -0.3 is 9.84 Å². The molecule has 0 spiro atoms. The maximum Gasteiger partial charge on any atom is 0.320 e. The van der Waals surface area contributed by atoms with E-state index in [1.807, 2.05) is 0 Å². The number of hydrogen-bond donors (Lipinski definition) is 1. The lowest BCUT2D eigenvalue weighted by molar-refractivity contribution is -0.441. The van der Waals surface area contributed by atoms with E-state index in [1.165, 1.54) is 0 Å². The molecule has 8 heteroatoms. The molecule has 2 bridgehead atoms. The van der Waals surface area contributed by atoms with E-state index in [-0.39, 0.29) is 11.7 Å². The molecule has 0 radical (unpaired) electrons. The Labute approximate surface area is 124 Å². The Morgan fingerprint density at radius 1 is 1.43 bits per heavy atom. The van der Waals surface area contributed by atoms with E-state index in [1.54, 1.807) is 13.8 Å². The third kappa shape index (κ3) is 3.56. The van der Waals surface area contributed by atoms with Crippen molar-refractivity contribution in [2.75, 3.05) is 18.6 Å². The molecule has 7 nitrogen and oxygen atoms in total. The fourth-order valence-corrected chi connectivity index (χ4v) is 4.80. The van der Waals surface area contributed by atoms with E-state index >= 15 is 0 Å². The predicted octanol–water partition coefficient (Wildman–Crippen LogP) is 0.214. The van der Waals surface area contributed by atoms with Crippen molar-refractivity contribution in [2.24, 2.45) is 5.92 Å². The number of methoxy groups -OCH3 is 1. The summed E-state index contributed by atoms with van der Waals surface area (Å²) in [4.78, 5) is 21.7. The average molecular weight is 322 g/mol. The van der Waals surface area contributed by atoms with Crippen LogP contribution in [-0.4, -0.2) is 55.4 Å². The van der Waals surface area contributed by atoms with Gasteiger partial charge in [-0.3, -0.25) is 4.79 Å². The Kier molecular flexibility index (Phi) is 4.36. The van der Waals surface area contributed by atoms with Gasteiger partial charge in [-0.2, -0.15) is 0 Å². The fourth-order valence-electron chi connectivity index (χ4n) is 3.06. The monoisotopic (exact) mass is 322 g/mol. The van der Waals surface area contributed by atoms with E-state index in [9.17, 15) is 18.3 Å². The van der Waals surface area contributed by atoms with Crippen LogP contribution in [0, 0.1) is 5.92 Å². The topological polar surface area (TPSA) is 99.1 Å². The largest absolute Gasteiger partial charge is 0.468 e. The normalized spacial score (nSPS) is 39.8. The first-order chi connectivity index (χ1) is 9.58. The molecule has 122 valence electrons. The summed E-state index contributed by atoms with van der Waals surface area (Å²) in [5.41, 5.74) is -1.97. The van der Waals surface area contributed by atoms with Crippen molar-refractivity contribution in [1.29, 1.82) is 0 Å². The number of ether oxygens (including phenoxy) is 1. The van der Waals surface area contributed by atoms with Gasteiger partial charge in [-0.25, -0.2) is 18.2 Å². The quantitative estimate of drug-likeness (QED) is 0.583. The van der Waals surface area contributed by atoms with Crippen LogP contribution in [0.4, 0.5) is 0 Å². The molecule has 1 heterocycles. The third-order valence-electron chi connectivity index (χ3n) is 4.48. The first kappa shape index (κ1) is 16.7. The fraction of sp³-hybridized carbons (Fsp3) is 0.923. The molecule has 1 saturated carbocycles. The van der Waals surface area contributed by atoms with Gasteiger partial charge in [-0.05, 0) is 39.0 Å². The van der Waals surface area contributed by atoms with Crippen LogP contribution < -0.4 is 0 Å². The Balaban J connectivity index is 2.09. The first-order valence-corrected chi connectivity index (χ1v) is 8.74. The highest BCUT2D eigenvalue weighted by atomic mass is 32.2. The SMILES string of the molecule is COC(=O)CS(=O)(=O)C[C@]1(C)OO[C@@H]2C[C@H]1CC[C@@]2(C)O. The lowest BCUT2D eigenvalue weighted by Gasteiger charge is -2.50. The second kappa shape index (κ2) is 5.49.